The highest BCUT2D eigenvalue weighted by molar-refractivity contribution is 8.13. The average Bonchev–Trinajstić information content (AvgIpc) is 3.19. The fourth-order valence-corrected chi connectivity index (χ4v) is 5.73. The normalized spacial score (nSPS) is 28.2. The van der Waals surface area contributed by atoms with E-state index in [-0.39, 0.29) is 17.4 Å². The Morgan fingerprint density at radius 3 is 2.56 bits per heavy atom. The van der Waals surface area contributed by atoms with Crippen molar-refractivity contribution in [3.8, 4) is 5.75 Å². The number of benzene rings is 2. The van der Waals surface area contributed by atoms with Crippen LogP contribution >= 0.6 is 11.8 Å². The highest BCUT2D eigenvalue weighted by Gasteiger charge is 2.53. The lowest BCUT2D eigenvalue weighted by Crippen LogP contribution is -2.60. The molecule has 0 aliphatic carbocycles. The Labute approximate surface area is 193 Å². The molecule has 32 heavy (non-hydrogen) atoms. The van der Waals surface area contributed by atoms with Crippen LogP contribution in [-0.2, 0) is 22.4 Å². The van der Waals surface area contributed by atoms with E-state index in [1.807, 2.05) is 47.4 Å². The molecule has 2 aromatic carbocycles. The second kappa shape index (κ2) is 10.3. The van der Waals surface area contributed by atoms with Crippen LogP contribution in [0.2, 0.25) is 0 Å². The monoisotopic (exact) mass is 457 g/mol. The van der Waals surface area contributed by atoms with E-state index in [1.54, 1.807) is 14.2 Å². The number of amides is 1. The number of hydrogen-bond acceptors (Lipinski definition) is 6. The van der Waals surface area contributed by atoms with Gasteiger partial charge in [-0.05, 0) is 42.5 Å². The molecule has 2 saturated heterocycles. The number of aliphatic hydroxyl groups excluding tert-OH is 1. The fourth-order valence-electron chi connectivity index (χ4n) is 4.64. The van der Waals surface area contributed by atoms with Crippen LogP contribution in [0.15, 0.2) is 54.6 Å². The third-order valence-corrected chi connectivity index (χ3v) is 7.32. The van der Waals surface area contributed by atoms with Gasteiger partial charge in [0, 0.05) is 25.8 Å². The predicted octanol–water partition coefficient (Wildman–Crippen LogP) is 4.25. The van der Waals surface area contributed by atoms with Crippen LogP contribution in [0.25, 0.3) is 0 Å². The standard InChI is InChI=1S/C25H31NO5S/c1-29-21-11-9-19(10-12-21)16-26-23(17-32-24(26)28)25(30-2)15-20(27)14-22(31-25)13-8-18-6-4-3-5-7-18/h3-7,9-12,20,22-23,27H,8,13-17H2,1-2H3/t20-,22+,23-,25+/m0/s1. The number of methoxy groups -OCH3 is 2. The first kappa shape index (κ1) is 23.1. The van der Waals surface area contributed by atoms with Crippen LogP contribution in [-0.4, -0.2) is 59.3 Å². The smallest absolute Gasteiger partial charge is 0.282 e. The minimum absolute atomic E-state index is 0.00624. The zero-order valence-electron chi connectivity index (χ0n) is 18.6. The van der Waals surface area contributed by atoms with Crippen molar-refractivity contribution in [1.82, 2.24) is 4.90 Å². The van der Waals surface area contributed by atoms with Gasteiger partial charge in [-0.3, -0.25) is 4.79 Å². The van der Waals surface area contributed by atoms with Gasteiger partial charge in [-0.25, -0.2) is 0 Å². The number of aliphatic hydroxyl groups is 1. The zero-order valence-corrected chi connectivity index (χ0v) is 19.4. The SMILES string of the molecule is COc1ccc(CN2C(=O)SC[C@H]2[C@@]2(OC)C[C@@H](O)C[C@@H](CCc3ccccc3)O2)cc1. The van der Waals surface area contributed by atoms with Crippen molar-refractivity contribution >= 4 is 17.0 Å². The van der Waals surface area contributed by atoms with Gasteiger partial charge in [0.1, 0.15) is 5.75 Å². The summed E-state index contributed by atoms with van der Waals surface area (Å²) >= 11 is 1.28. The molecule has 0 aromatic heterocycles. The number of rotatable bonds is 8. The van der Waals surface area contributed by atoms with Gasteiger partial charge in [0.2, 0.25) is 0 Å². The maximum atomic E-state index is 12.8. The van der Waals surface area contributed by atoms with E-state index in [0.29, 0.717) is 25.1 Å². The molecule has 1 amide bonds. The fraction of sp³-hybridized carbons (Fsp3) is 0.480. The van der Waals surface area contributed by atoms with Gasteiger partial charge in [0.15, 0.2) is 5.79 Å². The summed E-state index contributed by atoms with van der Waals surface area (Å²) in [5, 5.41) is 10.7. The molecule has 6 nitrogen and oxygen atoms in total. The van der Waals surface area contributed by atoms with E-state index in [4.69, 9.17) is 14.2 Å². The second-order valence-electron chi connectivity index (χ2n) is 8.44. The second-order valence-corrected chi connectivity index (χ2v) is 9.41. The van der Waals surface area contributed by atoms with Crippen LogP contribution < -0.4 is 4.74 Å². The lowest BCUT2D eigenvalue weighted by atomic mass is 9.90. The molecule has 2 heterocycles. The average molecular weight is 458 g/mol. The van der Waals surface area contributed by atoms with Crippen molar-refractivity contribution in [2.24, 2.45) is 0 Å². The molecule has 0 radical (unpaired) electrons. The van der Waals surface area contributed by atoms with Crippen LogP contribution in [0.1, 0.15) is 30.4 Å². The van der Waals surface area contributed by atoms with E-state index in [9.17, 15) is 9.90 Å². The minimum atomic E-state index is -1.02. The summed E-state index contributed by atoms with van der Waals surface area (Å²) in [6, 6.07) is 17.7. The molecule has 0 bridgehead atoms. The van der Waals surface area contributed by atoms with Crippen molar-refractivity contribution < 1.29 is 24.1 Å². The topological polar surface area (TPSA) is 68.2 Å². The summed E-state index contributed by atoms with van der Waals surface area (Å²) in [6.07, 6.45) is 1.91. The highest BCUT2D eigenvalue weighted by atomic mass is 32.2. The van der Waals surface area contributed by atoms with E-state index in [2.05, 4.69) is 12.1 Å². The summed E-state index contributed by atoms with van der Waals surface area (Å²) in [5.74, 6) is 0.326. The number of thioether (sulfide) groups is 1. The molecule has 2 fully saturated rings. The van der Waals surface area contributed by atoms with E-state index in [1.165, 1.54) is 17.3 Å². The van der Waals surface area contributed by atoms with Crippen molar-refractivity contribution in [3.05, 3.63) is 65.7 Å². The molecule has 1 N–H and O–H groups in total. The molecule has 0 unspecified atom stereocenters. The minimum Gasteiger partial charge on any atom is -0.497 e. The number of nitrogens with zero attached hydrogens (tertiary/aromatic N) is 1. The molecule has 2 aromatic rings. The van der Waals surface area contributed by atoms with E-state index < -0.39 is 11.9 Å². The van der Waals surface area contributed by atoms with Gasteiger partial charge in [0.05, 0.1) is 25.4 Å². The third kappa shape index (κ3) is 5.12. The quantitative estimate of drug-likeness (QED) is 0.639. The first-order chi connectivity index (χ1) is 15.5. The lowest BCUT2D eigenvalue weighted by molar-refractivity contribution is -0.304. The molecule has 4 rings (SSSR count). The van der Waals surface area contributed by atoms with Crippen LogP contribution in [0.5, 0.6) is 5.75 Å². The molecule has 7 heteroatoms. The molecular formula is C25H31NO5S. The first-order valence-corrected chi connectivity index (χ1v) is 12.0. The summed E-state index contributed by atoms with van der Waals surface area (Å²) in [5.41, 5.74) is 2.25. The van der Waals surface area contributed by atoms with Gasteiger partial charge >= 0.3 is 0 Å². The Morgan fingerprint density at radius 1 is 1.12 bits per heavy atom. The number of ether oxygens (including phenoxy) is 3. The van der Waals surface area contributed by atoms with Crippen LogP contribution in [0.3, 0.4) is 0 Å². The van der Waals surface area contributed by atoms with Crippen LogP contribution in [0.4, 0.5) is 4.79 Å². The van der Waals surface area contributed by atoms with Crippen molar-refractivity contribution in [2.75, 3.05) is 20.0 Å². The first-order valence-electron chi connectivity index (χ1n) is 11.0. The molecule has 0 saturated carbocycles. The zero-order chi connectivity index (χ0) is 22.6. The van der Waals surface area contributed by atoms with E-state index in [0.717, 1.165) is 24.2 Å². The number of aryl methyl sites for hydroxylation is 1. The summed E-state index contributed by atoms with van der Waals surface area (Å²) in [6.45, 7) is 0.458. The Bertz CT molecular complexity index is 893. The molecule has 2 aliphatic rings. The maximum absolute atomic E-state index is 12.8. The molecular weight excluding hydrogens is 426 g/mol. The number of hydrogen-bond donors (Lipinski definition) is 1. The lowest BCUT2D eigenvalue weighted by Gasteiger charge is -2.47. The van der Waals surface area contributed by atoms with Crippen LogP contribution in [0, 0.1) is 0 Å². The van der Waals surface area contributed by atoms with Gasteiger partial charge in [0.25, 0.3) is 5.24 Å². The van der Waals surface area contributed by atoms with Crippen molar-refractivity contribution in [3.63, 3.8) is 0 Å². The number of carbonyl (C=O) groups is 1. The van der Waals surface area contributed by atoms with Gasteiger partial charge in [-0.2, -0.15) is 0 Å². The Hall–Kier alpha value is -2.06. The maximum Gasteiger partial charge on any atom is 0.282 e. The largest absolute Gasteiger partial charge is 0.497 e. The number of carbonyl (C=O) groups excluding carboxylic acids is 1. The Balaban J connectivity index is 1.50. The molecule has 2 aliphatic heterocycles. The molecule has 172 valence electrons. The van der Waals surface area contributed by atoms with Gasteiger partial charge in [-0.1, -0.05) is 54.2 Å². The molecule has 4 atom stereocenters. The third-order valence-electron chi connectivity index (χ3n) is 6.36. The predicted molar refractivity (Wildman–Crippen MR) is 125 cm³/mol. The van der Waals surface area contributed by atoms with Crippen molar-refractivity contribution in [1.29, 1.82) is 0 Å². The highest BCUT2D eigenvalue weighted by Crippen LogP contribution is 2.42. The van der Waals surface area contributed by atoms with Crippen molar-refractivity contribution in [2.45, 2.75) is 56.3 Å². The summed E-state index contributed by atoms with van der Waals surface area (Å²) in [7, 11) is 3.25. The Morgan fingerprint density at radius 2 is 1.88 bits per heavy atom. The van der Waals surface area contributed by atoms with Gasteiger partial charge in [-0.15, -0.1) is 0 Å². The van der Waals surface area contributed by atoms with Gasteiger partial charge < -0.3 is 24.2 Å². The Kier molecular flexibility index (Phi) is 7.40. The molecule has 0 spiro atoms. The summed E-state index contributed by atoms with van der Waals surface area (Å²) in [4.78, 5) is 14.6. The summed E-state index contributed by atoms with van der Waals surface area (Å²) < 4.78 is 17.7. The van der Waals surface area contributed by atoms with E-state index >= 15 is 0 Å².